The van der Waals surface area contributed by atoms with Crippen LogP contribution >= 0.6 is 0 Å². The lowest BCUT2D eigenvalue weighted by molar-refractivity contribution is -0.133. The van der Waals surface area contributed by atoms with Crippen molar-refractivity contribution < 1.29 is 43.1 Å². The molecule has 1 amide bonds. The molecule has 0 aliphatic rings. The molecule has 1 atom stereocenters. The number of amides is 1. The Morgan fingerprint density at radius 1 is 0.667 bits per heavy atom. The van der Waals surface area contributed by atoms with Crippen LogP contribution in [0.2, 0.25) is 0 Å². The van der Waals surface area contributed by atoms with Crippen molar-refractivity contribution in [2.45, 2.75) is 13.0 Å². The van der Waals surface area contributed by atoms with Crippen molar-refractivity contribution in [1.82, 2.24) is 5.32 Å². The molecule has 10 nitrogen and oxygen atoms in total. The maximum absolute atomic E-state index is 13.8. The standard InChI is InChI=1S/C32H35NO9/c1-19(22-11-9-8-10-12-22)33-31(34)23(13-20-15-25(37-2)29(41-6)26(16-20)38-3)24(32(35)36)14-21-17-27(39-4)30(42-7)28(18-21)40-5/h8-19H,1-7H3,(H,33,34)(H,35,36)/b23-13+,24-14+/t19-/m1/s1. The quantitative estimate of drug-likeness (QED) is 0.209. The van der Waals surface area contributed by atoms with Gasteiger partial charge in [0, 0.05) is 0 Å². The van der Waals surface area contributed by atoms with Gasteiger partial charge in [0.1, 0.15) is 0 Å². The van der Waals surface area contributed by atoms with Gasteiger partial charge in [0.05, 0.1) is 59.8 Å². The molecule has 0 unspecified atom stereocenters. The number of nitrogens with one attached hydrogen (secondary N) is 1. The van der Waals surface area contributed by atoms with Gasteiger partial charge in [0.25, 0.3) is 5.91 Å². The highest BCUT2D eigenvalue weighted by Gasteiger charge is 2.24. The molecule has 0 aliphatic heterocycles. The molecule has 0 aliphatic carbocycles. The number of carbonyl (C=O) groups excluding carboxylic acids is 1. The van der Waals surface area contributed by atoms with Crippen molar-refractivity contribution in [3.8, 4) is 34.5 Å². The van der Waals surface area contributed by atoms with E-state index in [0.717, 1.165) is 5.56 Å². The molecular weight excluding hydrogens is 542 g/mol. The summed E-state index contributed by atoms with van der Waals surface area (Å²) in [5.41, 5.74) is 1.30. The molecule has 0 bridgehead atoms. The van der Waals surface area contributed by atoms with Gasteiger partial charge in [0.15, 0.2) is 23.0 Å². The average Bonchev–Trinajstić information content (AvgIpc) is 3.01. The Labute approximate surface area is 245 Å². The van der Waals surface area contributed by atoms with Crippen molar-refractivity contribution in [3.05, 3.63) is 82.4 Å². The second kappa shape index (κ2) is 14.5. The van der Waals surface area contributed by atoms with E-state index in [1.165, 1.54) is 54.8 Å². The van der Waals surface area contributed by atoms with Crippen LogP contribution < -0.4 is 33.7 Å². The van der Waals surface area contributed by atoms with Gasteiger partial charge in [-0.2, -0.15) is 0 Å². The van der Waals surface area contributed by atoms with Crippen molar-refractivity contribution in [3.63, 3.8) is 0 Å². The molecule has 0 saturated heterocycles. The van der Waals surface area contributed by atoms with Crippen molar-refractivity contribution in [2.24, 2.45) is 0 Å². The SMILES string of the molecule is COc1cc(/C=C(C(=O)O)\C(=C/c2cc(OC)c(OC)c(OC)c2)C(=O)N[C@H](C)c2ccccc2)cc(OC)c1OC. The van der Waals surface area contributed by atoms with Crippen LogP contribution in [0.15, 0.2) is 65.7 Å². The predicted octanol–water partition coefficient (Wildman–Crippen LogP) is 5.17. The second-order valence-corrected chi connectivity index (χ2v) is 8.94. The number of aliphatic carboxylic acids is 1. The van der Waals surface area contributed by atoms with E-state index in [2.05, 4.69) is 5.32 Å². The van der Waals surface area contributed by atoms with E-state index in [0.29, 0.717) is 45.6 Å². The first-order valence-electron chi connectivity index (χ1n) is 12.8. The molecular formula is C32H35NO9. The smallest absolute Gasteiger partial charge is 0.336 e. The maximum Gasteiger partial charge on any atom is 0.336 e. The number of carboxylic acids is 1. The molecule has 0 aromatic heterocycles. The molecule has 3 rings (SSSR count). The van der Waals surface area contributed by atoms with Crippen molar-refractivity contribution in [2.75, 3.05) is 42.7 Å². The highest BCUT2D eigenvalue weighted by atomic mass is 16.5. The number of hydrogen-bond donors (Lipinski definition) is 2. The van der Waals surface area contributed by atoms with Gasteiger partial charge in [-0.05, 0) is 60.0 Å². The third kappa shape index (κ3) is 7.14. The van der Waals surface area contributed by atoms with E-state index >= 15 is 0 Å². The summed E-state index contributed by atoms with van der Waals surface area (Å²) in [5, 5.41) is 13.3. The minimum atomic E-state index is -1.33. The van der Waals surface area contributed by atoms with Crippen LogP contribution in [0.5, 0.6) is 34.5 Å². The van der Waals surface area contributed by atoms with E-state index in [1.54, 1.807) is 24.3 Å². The van der Waals surface area contributed by atoms with Gasteiger partial charge >= 0.3 is 5.97 Å². The topological polar surface area (TPSA) is 122 Å². The Bertz CT molecular complexity index is 1430. The van der Waals surface area contributed by atoms with Crippen molar-refractivity contribution >= 4 is 24.0 Å². The summed E-state index contributed by atoms with van der Waals surface area (Å²) in [6.45, 7) is 1.81. The zero-order valence-corrected chi connectivity index (χ0v) is 24.6. The molecule has 0 fully saturated rings. The fourth-order valence-corrected chi connectivity index (χ4v) is 4.32. The number of hydrogen-bond acceptors (Lipinski definition) is 8. The van der Waals surface area contributed by atoms with Crippen LogP contribution in [0.25, 0.3) is 12.2 Å². The minimum absolute atomic E-state index is 0.117. The molecule has 0 radical (unpaired) electrons. The van der Waals surface area contributed by atoms with Gasteiger partial charge in [-0.3, -0.25) is 4.79 Å². The van der Waals surface area contributed by atoms with Crippen LogP contribution in [0.4, 0.5) is 0 Å². The van der Waals surface area contributed by atoms with E-state index < -0.39 is 17.9 Å². The minimum Gasteiger partial charge on any atom is -0.493 e. The average molecular weight is 578 g/mol. The molecule has 222 valence electrons. The van der Waals surface area contributed by atoms with E-state index in [4.69, 9.17) is 28.4 Å². The Morgan fingerprint density at radius 2 is 1.07 bits per heavy atom. The highest BCUT2D eigenvalue weighted by Crippen LogP contribution is 2.40. The predicted molar refractivity (Wildman–Crippen MR) is 159 cm³/mol. The summed E-state index contributed by atoms with van der Waals surface area (Å²) < 4.78 is 32.5. The largest absolute Gasteiger partial charge is 0.493 e. The first-order valence-corrected chi connectivity index (χ1v) is 12.8. The normalized spacial score (nSPS) is 12.2. The van der Waals surface area contributed by atoms with Crippen LogP contribution in [0.3, 0.4) is 0 Å². The first-order chi connectivity index (χ1) is 20.2. The number of rotatable bonds is 13. The molecule has 2 N–H and O–H groups in total. The summed E-state index contributed by atoms with van der Waals surface area (Å²) in [4.78, 5) is 26.5. The number of methoxy groups -OCH3 is 6. The molecule has 10 heteroatoms. The summed E-state index contributed by atoms with van der Waals surface area (Å²) >= 11 is 0. The van der Waals surface area contributed by atoms with E-state index in [9.17, 15) is 14.7 Å². The number of carboxylic acid groups (broad SMARTS) is 1. The molecule has 0 saturated carbocycles. The highest BCUT2D eigenvalue weighted by molar-refractivity contribution is 6.14. The number of benzene rings is 3. The summed E-state index contributed by atoms with van der Waals surface area (Å²) in [6.07, 6.45) is 2.82. The van der Waals surface area contributed by atoms with Crippen molar-refractivity contribution in [1.29, 1.82) is 0 Å². The maximum atomic E-state index is 13.8. The molecule has 3 aromatic rings. The van der Waals surface area contributed by atoms with Crippen LogP contribution in [-0.4, -0.2) is 59.6 Å². The molecule has 0 heterocycles. The number of ether oxygens (including phenoxy) is 6. The van der Waals surface area contributed by atoms with Gasteiger partial charge < -0.3 is 38.8 Å². The third-order valence-corrected chi connectivity index (χ3v) is 6.41. The Morgan fingerprint density at radius 3 is 1.43 bits per heavy atom. The zero-order valence-electron chi connectivity index (χ0n) is 24.6. The van der Waals surface area contributed by atoms with Gasteiger partial charge in [-0.25, -0.2) is 4.79 Å². The van der Waals surface area contributed by atoms with Gasteiger partial charge in [0.2, 0.25) is 11.5 Å². The fourth-order valence-electron chi connectivity index (χ4n) is 4.32. The Balaban J connectivity index is 2.25. The molecule has 0 spiro atoms. The second-order valence-electron chi connectivity index (χ2n) is 8.94. The lowest BCUT2D eigenvalue weighted by Gasteiger charge is -2.18. The summed E-state index contributed by atoms with van der Waals surface area (Å²) in [7, 11) is 8.78. The molecule has 3 aromatic carbocycles. The van der Waals surface area contributed by atoms with Crippen LogP contribution in [-0.2, 0) is 9.59 Å². The van der Waals surface area contributed by atoms with Crippen LogP contribution in [0, 0.1) is 0 Å². The first kappa shape index (κ1) is 31.4. The monoisotopic (exact) mass is 577 g/mol. The third-order valence-electron chi connectivity index (χ3n) is 6.41. The lowest BCUT2D eigenvalue weighted by Crippen LogP contribution is -2.29. The Hall–Kier alpha value is -5.12. The van der Waals surface area contributed by atoms with Gasteiger partial charge in [-0.1, -0.05) is 30.3 Å². The van der Waals surface area contributed by atoms with E-state index in [-0.39, 0.29) is 11.1 Å². The lowest BCUT2D eigenvalue weighted by atomic mass is 9.98. The number of carbonyl (C=O) groups is 2. The fraction of sp³-hybridized carbons (Fsp3) is 0.250. The van der Waals surface area contributed by atoms with E-state index in [1.807, 2.05) is 37.3 Å². The summed E-state index contributed by atoms with van der Waals surface area (Å²) in [5.74, 6) is 0.0855. The van der Waals surface area contributed by atoms with Crippen LogP contribution in [0.1, 0.15) is 29.7 Å². The van der Waals surface area contributed by atoms with Gasteiger partial charge in [-0.15, -0.1) is 0 Å². The molecule has 42 heavy (non-hydrogen) atoms. The Kier molecular flexibility index (Phi) is 10.8. The summed E-state index contributed by atoms with van der Waals surface area (Å²) in [6, 6.07) is 15.3. The zero-order chi connectivity index (χ0) is 30.8.